The molecule has 0 aromatic heterocycles. The van der Waals surface area contributed by atoms with Gasteiger partial charge in [-0.25, -0.2) is 8.78 Å². The van der Waals surface area contributed by atoms with Gasteiger partial charge in [0.15, 0.2) is 11.6 Å². The Bertz CT molecular complexity index is 370. The molecule has 82 valence electrons. The van der Waals surface area contributed by atoms with Crippen LogP contribution in [0.1, 0.15) is 30.9 Å². The third-order valence-electron chi connectivity index (χ3n) is 2.18. The third kappa shape index (κ3) is 2.86. The second kappa shape index (κ2) is 5.03. The molecular formula is C12H15F2N. The molecule has 1 rings (SSSR count). The molecule has 3 heteroatoms. The second-order valence-electron chi connectivity index (χ2n) is 3.70. The first-order valence-electron chi connectivity index (χ1n) is 4.91. The highest BCUT2D eigenvalue weighted by molar-refractivity contribution is 5.52. The van der Waals surface area contributed by atoms with Gasteiger partial charge in [0.25, 0.3) is 0 Å². The second-order valence-corrected chi connectivity index (χ2v) is 3.70. The zero-order chi connectivity index (χ0) is 11.4. The van der Waals surface area contributed by atoms with Gasteiger partial charge in [-0.15, -0.1) is 0 Å². The summed E-state index contributed by atoms with van der Waals surface area (Å²) >= 11 is 0. The molecular weight excluding hydrogens is 196 g/mol. The van der Waals surface area contributed by atoms with Gasteiger partial charge < -0.3 is 5.73 Å². The lowest BCUT2D eigenvalue weighted by Crippen LogP contribution is -1.97. The lowest BCUT2D eigenvalue weighted by Gasteiger charge is -2.08. The van der Waals surface area contributed by atoms with Crippen LogP contribution in [0.5, 0.6) is 0 Å². The van der Waals surface area contributed by atoms with Crippen LogP contribution in [-0.4, -0.2) is 6.54 Å². The van der Waals surface area contributed by atoms with Crippen LogP contribution in [-0.2, 0) is 0 Å². The average Bonchev–Trinajstić information content (AvgIpc) is 2.19. The van der Waals surface area contributed by atoms with E-state index in [-0.39, 0.29) is 11.5 Å². The highest BCUT2D eigenvalue weighted by atomic mass is 19.2. The Morgan fingerprint density at radius 1 is 1.33 bits per heavy atom. The fraction of sp³-hybridized carbons (Fsp3) is 0.333. The Morgan fingerprint density at radius 3 is 2.53 bits per heavy atom. The third-order valence-corrected chi connectivity index (χ3v) is 2.18. The van der Waals surface area contributed by atoms with Crippen molar-refractivity contribution in [1.82, 2.24) is 0 Å². The SMILES string of the molecule is CC(C)c1cc(F)c(F)c(/C=C/CN)c1. The number of nitrogens with two attached hydrogens (primary N) is 1. The summed E-state index contributed by atoms with van der Waals surface area (Å²) in [5, 5.41) is 0. The van der Waals surface area contributed by atoms with E-state index in [0.29, 0.717) is 6.54 Å². The summed E-state index contributed by atoms with van der Waals surface area (Å²) in [6.45, 7) is 4.18. The number of benzene rings is 1. The smallest absolute Gasteiger partial charge is 0.166 e. The maximum absolute atomic E-state index is 13.3. The molecule has 0 aliphatic rings. The Kier molecular flexibility index (Phi) is 3.97. The van der Waals surface area contributed by atoms with Crippen LogP contribution in [0.3, 0.4) is 0 Å². The van der Waals surface area contributed by atoms with Crippen molar-refractivity contribution in [3.05, 3.63) is 41.0 Å². The highest BCUT2D eigenvalue weighted by Gasteiger charge is 2.10. The van der Waals surface area contributed by atoms with E-state index >= 15 is 0 Å². The predicted molar refractivity (Wildman–Crippen MR) is 58.5 cm³/mol. The van der Waals surface area contributed by atoms with Crippen LogP contribution in [0.4, 0.5) is 8.78 Å². The largest absolute Gasteiger partial charge is 0.327 e. The number of hydrogen-bond acceptors (Lipinski definition) is 1. The summed E-state index contributed by atoms with van der Waals surface area (Å²) in [6.07, 6.45) is 3.10. The van der Waals surface area contributed by atoms with E-state index in [1.807, 2.05) is 13.8 Å². The molecule has 0 atom stereocenters. The number of rotatable bonds is 3. The van der Waals surface area contributed by atoms with Gasteiger partial charge >= 0.3 is 0 Å². The predicted octanol–water partition coefficient (Wildman–Crippen LogP) is 3.06. The van der Waals surface area contributed by atoms with Gasteiger partial charge in [-0.2, -0.15) is 0 Å². The van der Waals surface area contributed by atoms with Gasteiger partial charge in [-0.1, -0.05) is 26.0 Å². The van der Waals surface area contributed by atoms with Gasteiger partial charge in [0.05, 0.1) is 0 Å². The van der Waals surface area contributed by atoms with E-state index in [2.05, 4.69) is 0 Å². The standard InChI is InChI=1S/C12H15F2N/c1-8(2)10-6-9(4-3-5-15)12(14)11(13)7-10/h3-4,6-8H,5,15H2,1-2H3/b4-3+. The number of halogens is 2. The van der Waals surface area contributed by atoms with Gasteiger partial charge in [-0.05, 0) is 23.6 Å². The summed E-state index contributed by atoms with van der Waals surface area (Å²) in [4.78, 5) is 0. The van der Waals surface area contributed by atoms with Crippen molar-refractivity contribution in [1.29, 1.82) is 0 Å². The molecule has 1 aromatic carbocycles. The molecule has 2 N–H and O–H groups in total. The summed E-state index contributed by atoms with van der Waals surface area (Å²) in [5.41, 5.74) is 6.30. The van der Waals surface area contributed by atoms with Gasteiger partial charge in [0, 0.05) is 12.1 Å². The first kappa shape index (κ1) is 11.9. The van der Waals surface area contributed by atoms with E-state index in [9.17, 15) is 8.78 Å². The van der Waals surface area contributed by atoms with Crippen molar-refractivity contribution in [2.45, 2.75) is 19.8 Å². The van der Waals surface area contributed by atoms with Crippen molar-refractivity contribution in [3.8, 4) is 0 Å². The monoisotopic (exact) mass is 211 g/mol. The molecule has 0 radical (unpaired) electrons. The number of hydrogen-bond donors (Lipinski definition) is 1. The summed E-state index contributed by atoms with van der Waals surface area (Å²) < 4.78 is 26.5. The van der Waals surface area contributed by atoms with Crippen LogP contribution in [0.15, 0.2) is 18.2 Å². The maximum Gasteiger partial charge on any atom is 0.166 e. The molecule has 0 saturated carbocycles. The van der Waals surface area contributed by atoms with E-state index in [0.717, 1.165) is 5.56 Å². The minimum absolute atomic E-state index is 0.171. The molecule has 0 aliphatic heterocycles. The molecule has 0 heterocycles. The molecule has 0 aliphatic carbocycles. The molecule has 1 nitrogen and oxygen atoms in total. The van der Waals surface area contributed by atoms with Crippen molar-refractivity contribution < 1.29 is 8.78 Å². The van der Waals surface area contributed by atoms with Crippen LogP contribution in [0.2, 0.25) is 0 Å². The van der Waals surface area contributed by atoms with Gasteiger partial charge in [0.1, 0.15) is 0 Å². The Balaban J connectivity index is 3.19. The van der Waals surface area contributed by atoms with Crippen molar-refractivity contribution >= 4 is 6.08 Å². The molecule has 0 unspecified atom stereocenters. The summed E-state index contributed by atoms with van der Waals surface area (Å²) in [7, 11) is 0. The Hall–Kier alpha value is -1.22. The summed E-state index contributed by atoms with van der Waals surface area (Å²) in [5.74, 6) is -1.45. The van der Waals surface area contributed by atoms with Crippen molar-refractivity contribution in [2.75, 3.05) is 6.54 Å². The summed E-state index contributed by atoms with van der Waals surface area (Å²) in [6, 6.07) is 2.88. The first-order chi connectivity index (χ1) is 7.06. The molecule has 0 spiro atoms. The minimum Gasteiger partial charge on any atom is -0.327 e. The van der Waals surface area contributed by atoms with Gasteiger partial charge in [-0.3, -0.25) is 0 Å². The maximum atomic E-state index is 13.3. The van der Waals surface area contributed by atoms with Crippen LogP contribution < -0.4 is 5.73 Å². The van der Waals surface area contributed by atoms with E-state index in [1.165, 1.54) is 12.1 Å². The van der Waals surface area contributed by atoms with Crippen LogP contribution in [0, 0.1) is 11.6 Å². The molecule has 0 bridgehead atoms. The fourth-order valence-electron chi connectivity index (χ4n) is 1.28. The highest BCUT2D eigenvalue weighted by Crippen LogP contribution is 2.21. The Labute approximate surface area is 88.6 Å². The molecule has 1 aromatic rings. The molecule has 0 saturated heterocycles. The topological polar surface area (TPSA) is 26.0 Å². The molecule has 15 heavy (non-hydrogen) atoms. The minimum atomic E-state index is -0.816. The van der Waals surface area contributed by atoms with Crippen molar-refractivity contribution in [3.63, 3.8) is 0 Å². The molecule has 0 amide bonds. The zero-order valence-corrected chi connectivity index (χ0v) is 8.93. The van der Waals surface area contributed by atoms with Crippen LogP contribution >= 0.6 is 0 Å². The van der Waals surface area contributed by atoms with Gasteiger partial charge in [0.2, 0.25) is 0 Å². The van der Waals surface area contributed by atoms with E-state index in [4.69, 9.17) is 5.73 Å². The van der Waals surface area contributed by atoms with Crippen molar-refractivity contribution in [2.24, 2.45) is 5.73 Å². The average molecular weight is 211 g/mol. The zero-order valence-electron chi connectivity index (χ0n) is 8.93. The fourth-order valence-corrected chi connectivity index (χ4v) is 1.28. The molecule has 0 fully saturated rings. The van der Waals surface area contributed by atoms with E-state index < -0.39 is 11.6 Å². The van der Waals surface area contributed by atoms with Crippen LogP contribution in [0.25, 0.3) is 6.08 Å². The quantitative estimate of drug-likeness (QED) is 0.817. The first-order valence-corrected chi connectivity index (χ1v) is 4.91. The lowest BCUT2D eigenvalue weighted by molar-refractivity contribution is 0.504. The van der Waals surface area contributed by atoms with E-state index in [1.54, 1.807) is 12.1 Å². The lowest BCUT2D eigenvalue weighted by atomic mass is 10.00. The normalized spacial score (nSPS) is 11.6. The Morgan fingerprint density at radius 2 is 2.00 bits per heavy atom.